The number of carbonyl (C=O) groups is 2. The van der Waals surface area contributed by atoms with E-state index in [1.807, 2.05) is 12.1 Å². The lowest BCUT2D eigenvalue weighted by Gasteiger charge is -2.37. The van der Waals surface area contributed by atoms with E-state index in [1.165, 1.54) is 24.3 Å². The van der Waals surface area contributed by atoms with Gasteiger partial charge in [0.2, 0.25) is 0 Å². The number of carbonyl (C=O) groups excluding carboxylic acids is 2. The second kappa shape index (κ2) is 8.72. The van der Waals surface area contributed by atoms with Gasteiger partial charge in [-0.1, -0.05) is 12.1 Å². The number of piperidine rings is 2. The van der Waals surface area contributed by atoms with E-state index in [1.54, 1.807) is 12.1 Å². The third-order valence-electron chi connectivity index (χ3n) is 6.59. The van der Waals surface area contributed by atoms with Gasteiger partial charge in [-0.2, -0.15) is 0 Å². The van der Waals surface area contributed by atoms with Crippen LogP contribution in [0.25, 0.3) is 0 Å². The molecule has 4 rings (SSSR count). The quantitative estimate of drug-likeness (QED) is 0.758. The summed E-state index contributed by atoms with van der Waals surface area (Å²) in [5.41, 5.74) is 7.10. The molecule has 3 aliphatic rings. The fourth-order valence-corrected chi connectivity index (χ4v) is 4.79. The number of nitrogens with zero attached hydrogens (tertiary/aromatic N) is 3. The Morgan fingerprint density at radius 2 is 1.39 bits per heavy atom. The van der Waals surface area contributed by atoms with E-state index in [4.69, 9.17) is 5.73 Å². The van der Waals surface area contributed by atoms with E-state index in [2.05, 4.69) is 9.80 Å². The normalized spacial score (nSPS) is 22.8. The number of amides is 2. The maximum atomic E-state index is 12.4. The Morgan fingerprint density at radius 3 is 2.00 bits per heavy atom. The second-order valence-corrected chi connectivity index (χ2v) is 8.58. The molecule has 0 bridgehead atoms. The molecular weight excluding hydrogens is 352 g/mol. The van der Waals surface area contributed by atoms with Crippen molar-refractivity contribution in [3.05, 3.63) is 35.4 Å². The standard InChI is InChI=1S/C22H32N4O2/c23-18-8-14-25(15-9-18)16-17-6-12-24(13-7-17)10-3-11-26-21(27)19-4-1-2-5-20(19)22(26)28/h1-2,4-5,17-18H,3,6-16,23H2. The predicted octanol–water partition coefficient (Wildman–Crippen LogP) is 1.81. The van der Waals surface area contributed by atoms with Crippen LogP contribution < -0.4 is 5.73 Å². The van der Waals surface area contributed by atoms with Crippen LogP contribution in [0, 0.1) is 5.92 Å². The predicted molar refractivity (Wildman–Crippen MR) is 109 cm³/mol. The van der Waals surface area contributed by atoms with Crippen molar-refractivity contribution in [3.8, 4) is 0 Å². The lowest BCUT2D eigenvalue weighted by molar-refractivity contribution is 0.0642. The Hall–Kier alpha value is -1.76. The summed E-state index contributed by atoms with van der Waals surface area (Å²) in [5.74, 6) is 0.517. The first-order valence-electron chi connectivity index (χ1n) is 10.8. The lowest BCUT2D eigenvalue weighted by Crippen LogP contribution is -2.44. The molecule has 2 N–H and O–H groups in total. The summed E-state index contributed by atoms with van der Waals surface area (Å²) in [6, 6.07) is 7.53. The Labute approximate surface area is 167 Å². The topological polar surface area (TPSA) is 69.9 Å². The van der Waals surface area contributed by atoms with Gasteiger partial charge in [-0.05, 0) is 82.9 Å². The highest BCUT2D eigenvalue weighted by atomic mass is 16.2. The Kier molecular flexibility index (Phi) is 6.09. The van der Waals surface area contributed by atoms with Crippen molar-refractivity contribution in [1.29, 1.82) is 0 Å². The zero-order valence-corrected chi connectivity index (χ0v) is 16.7. The van der Waals surface area contributed by atoms with E-state index in [-0.39, 0.29) is 11.8 Å². The van der Waals surface area contributed by atoms with Crippen LogP contribution in [-0.4, -0.2) is 78.4 Å². The van der Waals surface area contributed by atoms with E-state index >= 15 is 0 Å². The van der Waals surface area contributed by atoms with E-state index in [9.17, 15) is 9.59 Å². The van der Waals surface area contributed by atoms with Gasteiger partial charge in [0, 0.05) is 19.1 Å². The number of hydrogen-bond donors (Lipinski definition) is 1. The molecule has 0 spiro atoms. The van der Waals surface area contributed by atoms with Crippen molar-refractivity contribution in [2.24, 2.45) is 11.7 Å². The lowest BCUT2D eigenvalue weighted by atomic mass is 9.94. The monoisotopic (exact) mass is 384 g/mol. The molecule has 0 saturated carbocycles. The largest absolute Gasteiger partial charge is 0.328 e. The molecule has 3 heterocycles. The molecule has 1 aromatic rings. The van der Waals surface area contributed by atoms with Crippen molar-refractivity contribution in [3.63, 3.8) is 0 Å². The van der Waals surface area contributed by atoms with Crippen molar-refractivity contribution in [1.82, 2.24) is 14.7 Å². The maximum Gasteiger partial charge on any atom is 0.261 e. The van der Waals surface area contributed by atoms with Crippen LogP contribution in [0.2, 0.25) is 0 Å². The summed E-state index contributed by atoms with van der Waals surface area (Å²) in [6.45, 7) is 7.25. The molecule has 6 heteroatoms. The summed E-state index contributed by atoms with van der Waals surface area (Å²) in [4.78, 5) is 31.3. The van der Waals surface area contributed by atoms with Gasteiger partial charge in [0.1, 0.15) is 0 Å². The minimum absolute atomic E-state index is 0.138. The fourth-order valence-electron chi connectivity index (χ4n) is 4.79. The van der Waals surface area contributed by atoms with E-state index in [0.29, 0.717) is 23.7 Å². The smallest absolute Gasteiger partial charge is 0.261 e. The minimum Gasteiger partial charge on any atom is -0.328 e. The van der Waals surface area contributed by atoms with Crippen LogP contribution in [0.5, 0.6) is 0 Å². The molecule has 3 aliphatic heterocycles. The molecule has 0 aromatic heterocycles. The summed E-state index contributed by atoms with van der Waals surface area (Å²) in [5, 5.41) is 0. The van der Waals surface area contributed by atoms with E-state index in [0.717, 1.165) is 57.9 Å². The Morgan fingerprint density at radius 1 is 0.821 bits per heavy atom. The average molecular weight is 385 g/mol. The first-order chi connectivity index (χ1) is 13.6. The SMILES string of the molecule is NC1CCN(CC2CCN(CCCN3C(=O)c4ccccc4C3=O)CC2)CC1. The molecule has 2 amide bonds. The molecule has 2 fully saturated rings. The van der Waals surface area contributed by atoms with Gasteiger partial charge in [0.05, 0.1) is 11.1 Å². The first kappa shape index (κ1) is 19.6. The number of fused-ring (bicyclic) bond motifs is 1. The van der Waals surface area contributed by atoms with Crippen molar-refractivity contribution in [2.75, 3.05) is 45.8 Å². The van der Waals surface area contributed by atoms with Crippen LogP contribution in [0.3, 0.4) is 0 Å². The minimum atomic E-state index is -0.138. The number of benzene rings is 1. The summed E-state index contributed by atoms with van der Waals surface area (Å²) in [6.07, 6.45) is 5.61. The Bertz CT molecular complexity index is 671. The first-order valence-corrected chi connectivity index (χ1v) is 10.8. The highest BCUT2D eigenvalue weighted by Gasteiger charge is 2.34. The van der Waals surface area contributed by atoms with Crippen LogP contribution in [0.15, 0.2) is 24.3 Å². The van der Waals surface area contributed by atoms with Crippen LogP contribution in [-0.2, 0) is 0 Å². The fraction of sp³-hybridized carbons (Fsp3) is 0.636. The zero-order chi connectivity index (χ0) is 19.5. The third kappa shape index (κ3) is 4.29. The molecule has 0 atom stereocenters. The Balaban J connectivity index is 1.16. The highest BCUT2D eigenvalue weighted by molar-refractivity contribution is 6.21. The number of likely N-dealkylation sites (tertiary alicyclic amines) is 2. The number of nitrogens with two attached hydrogens (primary N) is 1. The van der Waals surface area contributed by atoms with Crippen molar-refractivity contribution >= 4 is 11.8 Å². The van der Waals surface area contributed by atoms with Gasteiger partial charge >= 0.3 is 0 Å². The van der Waals surface area contributed by atoms with Gasteiger partial charge in [-0.3, -0.25) is 14.5 Å². The molecule has 28 heavy (non-hydrogen) atoms. The maximum absolute atomic E-state index is 12.4. The van der Waals surface area contributed by atoms with Crippen LogP contribution >= 0.6 is 0 Å². The molecule has 0 aliphatic carbocycles. The third-order valence-corrected chi connectivity index (χ3v) is 6.59. The molecule has 0 unspecified atom stereocenters. The zero-order valence-electron chi connectivity index (χ0n) is 16.7. The van der Waals surface area contributed by atoms with E-state index < -0.39 is 0 Å². The number of imide groups is 1. The second-order valence-electron chi connectivity index (χ2n) is 8.58. The van der Waals surface area contributed by atoms with Crippen molar-refractivity contribution in [2.45, 2.75) is 38.1 Å². The van der Waals surface area contributed by atoms with Gasteiger partial charge in [0.25, 0.3) is 11.8 Å². The van der Waals surface area contributed by atoms with Gasteiger partial charge in [0.15, 0.2) is 0 Å². The van der Waals surface area contributed by atoms with Gasteiger partial charge < -0.3 is 15.5 Å². The van der Waals surface area contributed by atoms with Crippen LogP contribution in [0.4, 0.5) is 0 Å². The number of rotatable bonds is 6. The summed E-state index contributed by atoms with van der Waals surface area (Å²) >= 11 is 0. The van der Waals surface area contributed by atoms with Gasteiger partial charge in [-0.25, -0.2) is 0 Å². The van der Waals surface area contributed by atoms with Gasteiger partial charge in [-0.15, -0.1) is 0 Å². The molecule has 1 aromatic carbocycles. The highest BCUT2D eigenvalue weighted by Crippen LogP contribution is 2.23. The molecular formula is C22H32N4O2. The molecule has 0 radical (unpaired) electrons. The summed E-state index contributed by atoms with van der Waals surface area (Å²) < 4.78 is 0. The molecule has 6 nitrogen and oxygen atoms in total. The molecule has 152 valence electrons. The molecule has 2 saturated heterocycles. The summed E-state index contributed by atoms with van der Waals surface area (Å²) in [7, 11) is 0. The van der Waals surface area contributed by atoms with Crippen molar-refractivity contribution < 1.29 is 9.59 Å². The number of hydrogen-bond acceptors (Lipinski definition) is 5. The average Bonchev–Trinajstić information content (AvgIpc) is 2.96. The van der Waals surface area contributed by atoms with Crippen LogP contribution in [0.1, 0.15) is 52.8 Å².